The Bertz CT molecular complexity index is 453. The minimum absolute atomic E-state index is 0.158. The van der Waals surface area contributed by atoms with E-state index in [9.17, 15) is 8.42 Å². The summed E-state index contributed by atoms with van der Waals surface area (Å²) in [6.45, 7) is 0. The molecule has 1 aliphatic carbocycles. The molecule has 0 aliphatic heterocycles. The first kappa shape index (κ1) is 12.6. The summed E-state index contributed by atoms with van der Waals surface area (Å²) >= 11 is 0. The van der Waals surface area contributed by atoms with Crippen LogP contribution in [0.25, 0.3) is 0 Å². The van der Waals surface area contributed by atoms with Crippen LogP contribution in [0.3, 0.4) is 0 Å². The van der Waals surface area contributed by atoms with Crippen molar-refractivity contribution >= 4 is 9.84 Å². The zero-order valence-corrected chi connectivity index (χ0v) is 10.8. The van der Waals surface area contributed by atoms with Gasteiger partial charge in [-0.25, -0.2) is 8.42 Å². The van der Waals surface area contributed by atoms with E-state index in [2.05, 4.69) is 0 Å². The van der Waals surface area contributed by atoms with Crippen LogP contribution in [0.5, 0.6) is 0 Å². The fourth-order valence-corrected chi connectivity index (χ4v) is 4.48. The van der Waals surface area contributed by atoms with Gasteiger partial charge in [0.05, 0.1) is 16.2 Å². The Labute approximate surface area is 103 Å². The van der Waals surface area contributed by atoms with E-state index in [4.69, 9.17) is 4.74 Å². The van der Waals surface area contributed by atoms with Crippen LogP contribution in [0.4, 0.5) is 0 Å². The summed E-state index contributed by atoms with van der Waals surface area (Å²) in [6.07, 6.45) is 3.41. The predicted molar refractivity (Wildman–Crippen MR) is 66.7 cm³/mol. The minimum atomic E-state index is -3.25. The second-order valence-electron chi connectivity index (χ2n) is 4.46. The smallest absolute Gasteiger partial charge is 0.183 e. The number of rotatable bonds is 3. The van der Waals surface area contributed by atoms with E-state index < -0.39 is 9.84 Å². The SMILES string of the molecule is CO[C@@H]1CCCC[C@@H]1S(=O)(=O)c1ccccc1. The maximum atomic E-state index is 12.5. The van der Waals surface area contributed by atoms with E-state index in [1.165, 1.54) is 0 Å². The van der Waals surface area contributed by atoms with Gasteiger partial charge in [0.2, 0.25) is 0 Å². The lowest BCUT2D eigenvalue weighted by molar-refractivity contribution is 0.0738. The molecule has 17 heavy (non-hydrogen) atoms. The average Bonchev–Trinajstić information content (AvgIpc) is 2.39. The highest BCUT2D eigenvalue weighted by Crippen LogP contribution is 2.30. The van der Waals surface area contributed by atoms with Gasteiger partial charge in [-0.2, -0.15) is 0 Å². The molecular weight excluding hydrogens is 236 g/mol. The van der Waals surface area contributed by atoms with Gasteiger partial charge < -0.3 is 4.74 Å². The third kappa shape index (κ3) is 2.53. The molecule has 0 spiro atoms. The molecule has 94 valence electrons. The molecule has 0 aromatic heterocycles. The number of methoxy groups -OCH3 is 1. The molecule has 2 atom stereocenters. The standard InChI is InChI=1S/C13H18O3S/c1-16-12-9-5-6-10-13(12)17(14,15)11-7-3-2-4-8-11/h2-4,7-8,12-13H,5-6,9-10H2,1H3/t12-,13+/m1/s1. The molecule has 0 unspecified atom stereocenters. The summed E-state index contributed by atoms with van der Waals surface area (Å²) in [5, 5.41) is -0.386. The van der Waals surface area contributed by atoms with Crippen molar-refractivity contribution in [2.45, 2.75) is 41.9 Å². The molecule has 0 saturated heterocycles. The fraction of sp³-hybridized carbons (Fsp3) is 0.538. The number of hydrogen-bond donors (Lipinski definition) is 0. The highest BCUT2D eigenvalue weighted by Gasteiger charge is 2.36. The zero-order valence-electron chi connectivity index (χ0n) is 10.0. The highest BCUT2D eigenvalue weighted by molar-refractivity contribution is 7.92. The van der Waals surface area contributed by atoms with Crippen molar-refractivity contribution in [1.29, 1.82) is 0 Å². The summed E-state index contributed by atoms with van der Waals surface area (Å²) < 4.78 is 30.3. The second-order valence-corrected chi connectivity index (χ2v) is 6.62. The lowest BCUT2D eigenvalue weighted by Crippen LogP contribution is -2.38. The lowest BCUT2D eigenvalue weighted by atomic mass is 9.97. The summed E-state index contributed by atoms with van der Waals surface area (Å²) in [6, 6.07) is 8.68. The maximum Gasteiger partial charge on any atom is 0.183 e. The number of benzene rings is 1. The molecule has 1 saturated carbocycles. The van der Waals surface area contributed by atoms with E-state index in [0.717, 1.165) is 19.3 Å². The quantitative estimate of drug-likeness (QED) is 0.832. The molecular formula is C13H18O3S. The van der Waals surface area contributed by atoms with Gasteiger partial charge in [-0.1, -0.05) is 31.0 Å². The predicted octanol–water partition coefficient (Wildman–Crippen LogP) is 2.42. The third-order valence-corrected chi connectivity index (χ3v) is 5.68. The first-order valence-electron chi connectivity index (χ1n) is 5.98. The molecule has 1 aromatic carbocycles. The fourth-order valence-electron chi connectivity index (χ4n) is 2.47. The van der Waals surface area contributed by atoms with E-state index in [1.54, 1.807) is 31.4 Å². The second kappa shape index (κ2) is 5.19. The average molecular weight is 254 g/mol. The van der Waals surface area contributed by atoms with Gasteiger partial charge in [-0.15, -0.1) is 0 Å². The van der Waals surface area contributed by atoms with Gasteiger partial charge in [-0.3, -0.25) is 0 Å². The molecule has 1 aliphatic rings. The summed E-state index contributed by atoms with van der Waals surface area (Å²) in [4.78, 5) is 0.411. The van der Waals surface area contributed by atoms with Crippen molar-refractivity contribution < 1.29 is 13.2 Å². The van der Waals surface area contributed by atoms with Crippen molar-refractivity contribution in [3.05, 3.63) is 30.3 Å². The third-order valence-electron chi connectivity index (χ3n) is 3.42. The van der Waals surface area contributed by atoms with Gasteiger partial charge in [0, 0.05) is 7.11 Å². The Morgan fingerprint density at radius 2 is 1.76 bits per heavy atom. The van der Waals surface area contributed by atoms with Crippen molar-refractivity contribution in [3.8, 4) is 0 Å². The van der Waals surface area contributed by atoms with Crippen molar-refractivity contribution in [2.75, 3.05) is 7.11 Å². The van der Waals surface area contributed by atoms with Gasteiger partial charge in [-0.05, 0) is 25.0 Å². The Morgan fingerprint density at radius 1 is 1.12 bits per heavy atom. The van der Waals surface area contributed by atoms with Crippen LogP contribution in [-0.4, -0.2) is 26.9 Å². The molecule has 0 amide bonds. The highest BCUT2D eigenvalue weighted by atomic mass is 32.2. The van der Waals surface area contributed by atoms with E-state index in [1.807, 2.05) is 6.07 Å². The first-order valence-corrected chi connectivity index (χ1v) is 7.52. The number of sulfone groups is 1. The molecule has 1 fully saturated rings. The maximum absolute atomic E-state index is 12.5. The zero-order chi connectivity index (χ0) is 12.3. The molecule has 2 rings (SSSR count). The summed E-state index contributed by atoms with van der Waals surface area (Å²) in [5.74, 6) is 0. The van der Waals surface area contributed by atoms with Gasteiger partial charge in [0.1, 0.15) is 0 Å². The monoisotopic (exact) mass is 254 g/mol. The molecule has 3 nitrogen and oxygen atoms in total. The van der Waals surface area contributed by atoms with E-state index >= 15 is 0 Å². The van der Waals surface area contributed by atoms with Gasteiger partial charge in [0.25, 0.3) is 0 Å². The van der Waals surface area contributed by atoms with Crippen LogP contribution < -0.4 is 0 Å². The van der Waals surface area contributed by atoms with E-state index in [-0.39, 0.29) is 11.4 Å². The lowest BCUT2D eigenvalue weighted by Gasteiger charge is -2.30. The Kier molecular flexibility index (Phi) is 3.84. The number of ether oxygens (including phenoxy) is 1. The van der Waals surface area contributed by atoms with Crippen LogP contribution in [0, 0.1) is 0 Å². The van der Waals surface area contributed by atoms with Gasteiger partial charge >= 0.3 is 0 Å². The molecule has 0 radical (unpaired) electrons. The van der Waals surface area contributed by atoms with Crippen LogP contribution in [0.1, 0.15) is 25.7 Å². The van der Waals surface area contributed by atoms with Crippen LogP contribution in [0.2, 0.25) is 0 Å². The molecule has 4 heteroatoms. The van der Waals surface area contributed by atoms with Crippen LogP contribution in [-0.2, 0) is 14.6 Å². The van der Waals surface area contributed by atoms with Crippen molar-refractivity contribution in [1.82, 2.24) is 0 Å². The Morgan fingerprint density at radius 3 is 2.41 bits per heavy atom. The summed E-state index contributed by atoms with van der Waals surface area (Å²) in [7, 11) is -1.65. The van der Waals surface area contributed by atoms with Crippen molar-refractivity contribution in [2.24, 2.45) is 0 Å². The van der Waals surface area contributed by atoms with Crippen molar-refractivity contribution in [3.63, 3.8) is 0 Å². The minimum Gasteiger partial charge on any atom is -0.380 e. The largest absolute Gasteiger partial charge is 0.380 e. The van der Waals surface area contributed by atoms with Gasteiger partial charge in [0.15, 0.2) is 9.84 Å². The molecule has 0 N–H and O–H groups in total. The summed E-state index contributed by atoms with van der Waals surface area (Å²) in [5.41, 5.74) is 0. The molecule has 1 aromatic rings. The number of hydrogen-bond acceptors (Lipinski definition) is 3. The van der Waals surface area contributed by atoms with E-state index in [0.29, 0.717) is 11.3 Å². The van der Waals surface area contributed by atoms with Crippen LogP contribution >= 0.6 is 0 Å². The normalized spacial score (nSPS) is 25.7. The topological polar surface area (TPSA) is 43.4 Å². The molecule has 0 heterocycles. The van der Waals surface area contributed by atoms with Crippen LogP contribution in [0.15, 0.2) is 35.2 Å². The Balaban J connectivity index is 2.31. The molecule has 0 bridgehead atoms. The Hall–Kier alpha value is -0.870. The first-order chi connectivity index (χ1) is 8.16.